The van der Waals surface area contributed by atoms with Gasteiger partial charge in [0.05, 0.1) is 0 Å². The van der Waals surface area contributed by atoms with E-state index in [0.29, 0.717) is 6.42 Å². The van der Waals surface area contributed by atoms with Crippen LogP contribution in [-0.4, -0.2) is 27.6 Å². The van der Waals surface area contributed by atoms with Crippen molar-refractivity contribution in [3.63, 3.8) is 0 Å². The minimum Gasteiger partial charge on any atom is -0.353 e. The molecule has 2 heterocycles. The van der Waals surface area contributed by atoms with Crippen molar-refractivity contribution in [3.8, 4) is 0 Å². The zero-order chi connectivity index (χ0) is 17.4. The Morgan fingerprint density at radius 2 is 1.83 bits per heavy atom. The number of hydrogen-bond acceptors (Lipinski definition) is 2. The SMILES string of the molecule is CC1(C)CC(NC(=O)CCn2ccc3ccccc32)CC(C)(C)N1. The van der Waals surface area contributed by atoms with E-state index in [1.165, 1.54) is 10.9 Å². The molecule has 4 heteroatoms. The largest absolute Gasteiger partial charge is 0.353 e. The van der Waals surface area contributed by atoms with Crippen LogP contribution in [0.5, 0.6) is 0 Å². The molecular weight excluding hydrogens is 298 g/mol. The van der Waals surface area contributed by atoms with Gasteiger partial charge in [0.15, 0.2) is 0 Å². The second-order valence-electron chi connectivity index (χ2n) is 8.38. The summed E-state index contributed by atoms with van der Waals surface area (Å²) < 4.78 is 2.16. The molecule has 0 bridgehead atoms. The van der Waals surface area contributed by atoms with Gasteiger partial charge in [-0.1, -0.05) is 18.2 Å². The number of piperidine rings is 1. The molecule has 4 nitrogen and oxygen atoms in total. The standard InChI is InChI=1S/C20H29N3O/c1-19(2)13-16(14-20(3,4)22-19)21-18(24)10-12-23-11-9-15-7-5-6-8-17(15)23/h5-9,11,16,22H,10,12-14H2,1-4H3,(H,21,24). The number of fused-ring (bicyclic) bond motifs is 1. The predicted molar refractivity (Wildman–Crippen MR) is 99.0 cm³/mol. The molecule has 0 radical (unpaired) electrons. The summed E-state index contributed by atoms with van der Waals surface area (Å²) in [5.41, 5.74) is 1.29. The van der Waals surface area contributed by atoms with Crippen LogP contribution in [-0.2, 0) is 11.3 Å². The summed E-state index contributed by atoms with van der Waals surface area (Å²) in [6, 6.07) is 10.6. The van der Waals surface area contributed by atoms with Gasteiger partial charge in [0.2, 0.25) is 5.91 Å². The van der Waals surface area contributed by atoms with Gasteiger partial charge in [0, 0.05) is 41.8 Å². The van der Waals surface area contributed by atoms with Crippen molar-refractivity contribution in [1.82, 2.24) is 15.2 Å². The summed E-state index contributed by atoms with van der Waals surface area (Å²) in [4.78, 5) is 12.4. The van der Waals surface area contributed by atoms with Crippen LogP contribution in [0.2, 0.25) is 0 Å². The van der Waals surface area contributed by atoms with Crippen molar-refractivity contribution in [3.05, 3.63) is 36.5 Å². The first-order chi connectivity index (χ1) is 11.2. The number of amides is 1. The van der Waals surface area contributed by atoms with E-state index in [-0.39, 0.29) is 23.0 Å². The van der Waals surface area contributed by atoms with Crippen LogP contribution in [0.25, 0.3) is 10.9 Å². The van der Waals surface area contributed by atoms with Gasteiger partial charge in [-0.3, -0.25) is 4.79 Å². The Bertz CT molecular complexity index is 713. The van der Waals surface area contributed by atoms with Gasteiger partial charge in [0.1, 0.15) is 0 Å². The van der Waals surface area contributed by atoms with Gasteiger partial charge in [-0.15, -0.1) is 0 Å². The third kappa shape index (κ3) is 3.99. The van der Waals surface area contributed by atoms with Crippen LogP contribution in [0.3, 0.4) is 0 Å². The number of aromatic nitrogens is 1. The van der Waals surface area contributed by atoms with Crippen molar-refractivity contribution in [2.75, 3.05) is 0 Å². The second-order valence-corrected chi connectivity index (χ2v) is 8.38. The number of rotatable bonds is 4. The number of nitrogens with zero attached hydrogens (tertiary/aromatic N) is 1. The van der Waals surface area contributed by atoms with Gasteiger partial charge in [-0.2, -0.15) is 0 Å². The third-order valence-corrected chi connectivity index (χ3v) is 4.82. The molecule has 1 aromatic heterocycles. The van der Waals surface area contributed by atoms with Crippen LogP contribution in [0.1, 0.15) is 47.0 Å². The third-order valence-electron chi connectivity index (χ3n) is 4.82. The maximum Gasteiger partial charge on any atom is 0.222 e. The Morgan fingerprint density at radius 1 is 1.17 bits per heavy atom. The maximum absolute atomic E-state index is 12.4. The number of carbonyl (C=O) groups is 1. The van der Waals surface area contributed by atoms with Crippen LogP contribution in [0.15, 0.2) is 36.5 Å². The summed E-state index contributed by atoms with van der Waals surface area (Å²) in [5.74, 6) is 0.145. The van der Waals surface area contributed by atoms with Gasteiger partial charge in [0.25, 0.3) is 0 Å². The molecule has 3 rings (SSSR count). The quantitative estimate of drug-likeness (QED) is 0.903. The molecule has 24 heavy (non-hydrogen) atoms. The molecule has 1 aliphatic rings. The van der Waals surface area contributed by atoms with E-state index in [2.05, 4.69) is 67.3 Å². The first kappa shape index (κ1) is 17.0. The molecule has 130 valence electrons. The summed E-state index contributed by atoms with van der Waals surface area (Å²) >= 11 is 0. The number of hydrogen-bond donors (Lipinski definition) is 2. The van der Waals surface area contributed by atoms with E-state index < -0.39 is 0 Å². The van der Waals surface area contributed by atoms with Crippen molar-refractivity contribution in [2.45, 2.75) is 70.6 Å². The van der Waals surface area contributed by atoms with Gasteiger partial charge in [-0.25, -0.2) is 0 Å². The highest BCUT2D eigenvalue weighted by Gasteiger charge is 2.38. The molecule has 2 N–H and O–H groups in total. The minimum atomic E-state index is 0.0519. The minimum absolute atomic E-state index is 0.0519. The number of aryl methyl sites for hydroxylation is 1. The fourth-order valence-electron chi connectivity index (χ4n) is 4.28. The van der Waals surface area contributed by atoms with E-state index in [9.17, 15) is 4.79 Å². The highest BCUT2D eigenvalue weighted by molar-refractivity contribution is 5.80. The monoisotopic (exact) mass is 327 g/mol. The van der Waals surface area contributed by atoms with Crippen LogP contribution in [0.4, 0.5) is 0 Å². The number of carbonyl (C=O) groups excluding carboxylic acids is 1. The van der Waals surface area contributed by atoms with E-state index in [0.717, 1.165) is 19.4 Å². The van der Waals surface area contributed by atoms with E-state index in [1.54, 1.807) is 0 Å². The summed E-state index contributed by atoms with van der Waals surface area (Å²) in [7, 11) is 0. The molecule has 1 saturated heterocycles. The number of para-hydroxylation sites is 1. The molecule has 0 saturated carbocycles. The predicted octanol–water partition coefficient (Wildman–Crippen LogP) is 3.46. The maximum atomic E-state index is 12.4. The first-order valence-corrected chi connectivity index (χ1v) is 8.87. The number of benzene rings is 1. The topological polar surface area (TPSA) is 46.1 Å². The normalized spacial score (nSPS) is 20.2. The Balaban J connectivity index is 1.58. The Hall–Kier alpha value is -1.81. The van der Waals surface area contributed by atoms with Crippen molar-refractivity contribution >= 4 is 16.8 Å². The molecule has 2 aromatic rings. The molecule has 1 amide bonds. The Kier molecular flexibility index (Phi) is 4.43. The van der Waals surface area contributed by atoms with E-state index in [1.807, 2.05) is 12.1 Å². The fraction of sp³-hybridized carbons (Fsp3) is 0.550. The lowest BCUT2D eigenvalue weighted by atomic mass is 9.79. The molecule has 1 aromatic carbocycles. The Labute approximate surface area is 144 Å². The van der Waals surface area contributed by atoms with E-state index >= 15 is 0 Å². The average molecular weight is 327 g/mol. The lowest BCUT2D eigenvalue weighted by molar-refractivity contribution is -0.122. The van der Waals surface area contributed by atoms with Gasteiger partial charge >= 0.3 is 0 Å². The zero-order valence-corrected chi connectivity index (χ0v) is 15.2. The molecule has 1 fully saturated rings. The smallest absolute Gasteiger partial charge is 0.222 e. The summed E-state index contributed by atoms with van der Waals surface area (Å²) in [5, 5.41) is 8.12. The Morgan fingerprint density at radius 3 is 2.54 bits per heavy atom. The molecule has 0 spiro atoms. The van der Waals surface area contributed by atoms with Crippen molar-refractivity contribution in [1.29, 1.82) is 0 Å². The summed E-state index contributed by atoms with van der Waals surface area (Å²) in [6.45, 7) is 9.55. The molecule has 1 aliphatic heterocycles. The van der Waals surface area contributed by atoms with Gasteiger partial charge < -0.3 is 15.2 Å². The highest BCUT2D eigenvalue weighted by atomic mass is 16.1. The van der Waals surface area contributed by atoms with Gasteiger partial charge in [-0.05, 0) is 58.1 Å². The molecule has 0 unspecified atom stereocenters. The lowest BCUT2D eigenvalue weighted by Crippen LogP contribution is -2.62. The highest BCUT2D eigenvalue weighted by Crippen LogP contribution is 2.28. The molecule has 0 atom stereocenters. The summed E-state index contributed by atoms with van der Waals surface area (Å²) in [6.07, 6.45) is 4.52. The first-order valence-electron chi connectivity index (χ1n) is 8.87. The molecular formula is C20H29N3O. The molecule has 0 aliphatic carbocycles. The van der Waals surface area contributed by atoms with Crippen LogP contribution >= 0.6 is 0 Å². The zero-order valence-electron chi connectivity index (χ0n) is 15.2. The average Bonchev–Trinajstić information content (AvgIpc) is 2.85. The van der Waals surface area contributed by atoms with Crippen molar-refractivity contribution < 1.29 is 4.79 Å². The van der Waals surface area contributed by atoms with Crippen LogP contribution in [0, 0.1) is 0 Å². The van der Waals surface area contributed by atoms with Crippen molar-refractivity contribution in [2.24, 2.45) is 0 Å². The van der Waals surface area contributed by atoms with E-state index in [4.69, 9.17) is 0 Å². The van der Waals surface area contributed by atoms with Crippen LogP contribution < -0.4 is 10.6 Å². The lowest BCUT2D eigenvalue weighted by Gasteiger charge is -2.46. The second kappa shape index (κ2) is 6.25. The fourth-order valence-corrected chi connectivity index (χ4v) is 4.28. The number of nitrogens with one attached hydrogen (secondary N) is 2.